The van der Waals surface area contributed by atoms with Gasteiger partial charge in [0.05, 0.1) is 4.90 Å². The minimum Gasteiger partial charge on any atom is -0.382 e. The number of hydrogen-bond donors (Lipinski definition) is 2. The topological polar surface area (TPSA) is 78.5 Å². The van der Waals surface area contributed by atoms with E-state index in [4.69, 9.17) is 0 Å². The third-order valence-corrected chi connectivity index (χ3v) is 6.82. The average molecular weight is 385 g/mol. The number of amides is 1. The monoisotopic (exact) mass is 385 g/mol. The van der Waals surface area contributed by atoms with Crippen LogP contribution in [0.25, 0.3) is 0 Å². The molecule has 27 heavy (non-hydrogen) atoms. The van der Waals surface area contributed by atoms with Crippen LogP contribution >= 0.6 is 0 Å². The molecule has 2 aromatic rings. The first-order chi connectivity index (χ1) is 13.0. The Morgan fingerprint density at radius 3 is 2.07 bits per heavy atom. The molecule has 6 nitrogen and oxygen atoms in total. The maximum absolute atomic E-state index is 12.5. The summed E-state index contributed by atoms with van der Waals surface area (Å²) < 4.78 is 26.6. The van der Waals surface area contributed by atoms with Gasteiger partial charge in [0, 0.05) is 36.1 Å². The van der Waals surface area contributed by atoms with E-state index in [1.54, 1.807) is 12.1 Å². The molecule has 7 heteroatoms. The lowest BCUT2D eigenvalue weighted by molar-refractivity contribution is 0.102. The summed E-state index contributed by atoms with van der Waals surface area (Å²) >= 11 is 0. The van der Waals surface area contributed by atoms with Gasteiger partial charge in [-0.1, -0.05) is 0 Å². The number of nitrogens with one attached hydrogen (secondary N) is 2. The number of carbonyl (C=O) groups excluding carboxylic acids is 1. The number of anilines is 2. The Morgan fingerprint density at radius 2 is 1.48 bits per heavy atom. The zero-order valence-electron chi connectivity index (χ0n) is 15.0. The van der Waals surface area contributed by atoms with Crippen molar-refractivity contribution >= 4 is 27.3 Å². The predicted octanol–water partition coefficient (Wildman–Crippen LogP) is 3.30. The molecule has 0 aromatic heterocycles. The van der Waals surface area contributed by atoms with Gasteiger partial charge in [0.2, 0.25) is 10.0 Å². The van der Waals surface area contributed by atoms with Crippen LogP contribution in [0.2, 0.25) is 0 Å². The Labute approximate surface area is 159 Å². The number of rotatable bonds is 6. The molecule has 1 aliphatic carbocycles. The van der Waals surface area contributed by atoms with Gasteiger partial charge in [-0.05, 0) is 74.2 Å². The minimum atomic E-state index is -3.46. The molecule has 0 bridgehead atoms. The molecule has 142 valence electrons. The molecule has 4 rings (SSSR count). The summed E-state index contributed by atoms with van der Waals surface area (Å²) in [5.41, 5.74) is 2.18. The summed E-state index contributed by atoms with van der Waals surface area (Å²) in [5, 5.41) is 6.24. The lowest BCUT2D eigenvalue weighted by Crippen LogP contribution is -2.27. The average Bonchev–Trinajstić information content (AvgIpc) is 3.31. The molecule has 1 saturated carbocycles. The summed E-state index contributed by atoms with van der Waals surface area (Å²) in [4.78, 5) is 12.7. The van der Waals surface area contributed by atoms with Crippen LogP contribution < -0.4 is 10.6 Å². The fourth-order valence-corrected chi connectivity index (χ4v) is 4.69. The second-order valence-electron chi connectivity index (χ2n) is 7.09. The molecule has 0 spiro atoms. The summed E-state index contributed by atoms with van der Waals surface area (Å²) in [7, 11) is -3.46. The van der Waals surface area contributed by atoms with Crippen LogP contribution in [0.3, 0.4) is 0 Å². The normalized spacial score (nSPS) is 17.6. The van der Waals surface area contributed by atoms with Crippen molar-refractivity contribution in [2.24, 2.45) is 0 Å². The first-order valence-corrected chi connectivity index (χ1v) is 10.7. The van der Waals surface area contributed by atoms with Crippen LogP contribution in [-0.4, -0.2) is 37.8 Å². The van der Waals surface area contributed by atoms with Gasteiger partial charge in [0.25, 0.3) is 5.91 Å². The van der Waals surface area contributed by atoms with Crippen LogP contribution in [-0.2, 0) is 10.0 Å². The fourth-order valence-electron chi connectivity index (χ4n) is 3.17. The van der Waals surface area contributed by atoms with E-state index in [1.807, 2.05) is 24.3 Å². The number of benzene rings is 2. The van der Waals surface area contributed by atoms with Gasteiger partial charge < -0.3 is 10.6 Å². The molecule has 0 radical (unpaired) electrons. The van der Waals surface area contributed by atoms with Crippen molar-refractivity contribution < 1.29 is 13.2 Å². The Morgan fingerprint density at radius 1 is 0.889 bits per heavy atom. The van der Waals surface area contributed by atoms with Gasteiger partial charge >= 0.3 is 0 Å². The second-order valence-corrected chi connectivity index (χ2v) is 9.02. The van der Waals surface area contributed by atoms with Crippen LogP contribution in [0, 0.1) is 0 Å². The second kappa shape index (κ2) is 7.32. The largest absolute Gasteiger partial charge is 0.382 e. The van der Waals surface area contributed by atoms with E-state index in [2.05, 4.69) is 10.6 Å². The molecule has 1 amide bonds. The quantitative estimate of drug-likeness (QED) is 0.800. The van der Waals surface area contributed by atoms with E-state index in [-0.39, 0.29) is 10.8 Å². The van der Waals surface area contributed by atoms with Crippen molar-refractivity contribution in [3.8, 4) is 0 Å². The van der Waals surface area contributed by atoms with Gasteiger partial charge in [-0.3, -0.25) is 4.79 Å². The van der Waals surface area contributed by atoms with E-state index in [1.165, 1.54) is 29.3 Å². The van der Waals surface area contributed by atoms with Crippen molar-refractivity contribution in [1.82, 2.24) is 4.31 Å². The fraction of sp³-hybridized carbons (Fsp3) is 0.350. The Kier molecular flexibility index (Phi) is 4.88. The Balaban J connectivity index is 1.41. The van der Waals surface area contributed by atoms with E-state index >= 15 is 0 Å². The maximum Gasteiger partial charge on any atom is 0.255 e. The highest BCUT2D eigenvalue weighted by Gasteiger charge is 2.27. The zero-order chi connectivity index (χ0) is 18.9. The van der Waals surface area contributed by atoms with E-state index in [0.29, 0.717) is 30.4 Å². The Hall–Kier alpha value is -2.38. The van der Waals surface area contributed by atoms with Crippen LogP contribution in [0.15, 0.2) is 53.4 Å². The highest BCUT2D eigenvalue weighted by atomic mass is 32.2. The van der Waals surface area contributed by atoms with E-state index < -0.39 is 10.0 Å². The van der Waals surface area contributed by atoms with Crippen LogP contribution in [0.1, 0.15) is 36.0 Å². The number of hydrogen-bond acceptors (Lipinski definition) is 4. The molecular weight excluding hydrogens is 362 g/mol. The van der Waals surface area contributed by atoms with Crippen LogP contribution in [0.4, 0.5) is 11.4 Å². The highest BCUT2D eigenvalue weighted by molar-refractivity contribution is 7.89. The molecular formula is C20H23N3O3S. The summed E-state index contributed by atoms with van der Waals surface area (Å²) in [6.45, 7) is 1.13. The van der Waals surface area contributed by atoms with Crippen molar-refractivity contribution in [3.05, 3.63) is 54.1 Å². The van der Waals surface area contributed by atoms with Crippen LogP contribution in [0.5, 0.6) is 0 Å². The molecule has 2 fully saturated rings. The lowest BCUT2D eigenvalue weighted by atomic mass is 10.2. The minimum absolute atomic E-state index is 0.233. The lowest BCUT2D eigenvalue weighted by Gasteiger charge is -2.15. The zero-order valence-corrected chi connectivity index (χ0v) is 15.8. The van der Waals surface area contributed by atoms with Gasteiger partial charge in [0.1, 0.15) is 0 Å². The predicted molar refractivity (Wildman–Crippen MR) is 105 cm³/mol. The summed E-state index contributed by atoms with van der Waals surface area (Å²) in [5.74, 6) is -0.261. The van der Waals surface area contributed by atoms with Crippen molar-refractivity contribution in [1.29, 1.82) is 0 Å². The molecule has 1 aliphatic heterocycles. The van der Waals surface area contributed by atoms with Gasteiger partial charge in [0.15, 0.2) is 0 Å². The van der Waals surface area contributed by atoms with Crippen molar-refractivity contribution in [3.63, 3.8) is 0 Å². The third kappa shape index (κ3) is 4.14. The van der Waals surface area contributed by atoms with Gasteiger partial charge in [-0.15, -0.1) is 0 Å². The smallest absolute Gasteiger partial charge is 0.255 e. The number of sulfonamides is 1. The first-order valence-electron chi connectivity index (χ1n) is 9.30. The molecule has 2 aliphatic rings. The molecule has 0 unspecified atom stereocenters. The first kappa shape index (κ1) is 18.0. The van der Waals surface area contributed by atoms with E-state index in [0.717, 1.165) is 18.5 Å². The number of nitrogens with zero attached hydrogens (tertiary/aromatic N) is 1. The standard InChI is InChI=1S/C20H23N3O3S/c24-20(22-18-9-7-17(8-10-18)21-16-5-6-16)15-3-11-19(12-4-15)27(25,26)23-13-1-2-14-23/h3-4,7-12,16,21H,1-2,5-6,13-14H2,(H,22,24). The molecule has 1 heterocycles. The number of carbonyl (C=O) groups is 1. The molecule has 1 saturated heterocycles. The molecule has 2 aromatic carbocycles. The van der Waals surface area contributed by atoms with Crippen molar-refractivity contribution in [2.75, 3.05) is 23.7 Å². The van der Waals surface area contributed by atoms with Gasteiger partial charge in [-0.2, -0.15) is 4.31 Å². The maximum atomic E-state index is 12.5. The summed E-state index contributed by atoms with van der Waals surface area (Å²) in [6.07, 6.45) is 4.22. The van der Waals surface area contributed by atoms with E-state index in [9.17, 15) is 13.2 Å². The molecule has 2 N–H and O–H groups in total. The van der Waals surface area contributed by atoms with Crippen molar-refractivity contribution in [2.45, 2.75) is 36.6 Å². The Bertz CT molecular complexity index is 914. The highest BCUT2D eigenvalue weighted by Crippen LogP contribution is 2.25. The molecule has 0 atom stereocenters. The van der Waals surface area contributed by atoms with Gasteiger partial charge in [-0.25, -0.2) is 8.42 Å². The third-order valence-electron chi connectivity index (χ3n) is 4.91. The SMILES string of the molecule is O=C(Nc1ccc(NC2CC2)cc1)c1ccc(S(=O)(=O)N2CCCC2)cc1. The summed E-state index contributed by atoms with van der Waals surface area (Å²) in [6, 6.07) is 14.3.